The minimum atomic E-state index is 0.544. The number of nitrogens with zero attached hydrogens (tertiary/aromatic N) is 1. The molecule has 0 N–H and O–H groups in total. The lowest BCUT2D eigenvalue weighted by atomic mass is 9.49. The standard InChI is InChI=1S/C18H24BrN/c1-18(2)15-7-6-14(17(18)10-15)12-20(3)11-13-4-8-16(19)9-5-13/h4-6,8-9,15,17H,7,10-12H2,1-3H3/t15-,17-/m0/s1. The summed E-state index contributed by atoms with van der Waals surface area (Å²) in [6.07, 6.45) is 5.23. The Kier molecular flexibility index (Phi) is 3.81. The van der Waals surface area contributed by atoms with Crippen LogP contribution in [0, 0.1) is 17.3 Å². The second-order valence-corrected chi connectivity index (χ2v) is 8.04. The molecule has 0 radical (unpaired) electrons. The van der Waals surface area contributed by atoms with Crippen molar-refractivity contribution in [3.8, 4) is 0 Å². The Morgan fingerprint density at radius 2 is 1.90 bits per heavy atom. The van der Waals surface area contributed by atoms with Gasteiger partial charge in [-0.1, -0.05) is 53.6 Å². The normalized spacial score (nSPS) is 27.1. The lowest BCUT2D eigenvalue weighted by Crippen LogP contribution is -2.49. The molecular weight excluding hydrogens is 310 g/mol. The number of likely N-dealkylation sites (N-methyl/N-ethyl adjacent to an activating group) is 1. The Morgan fingerprint density at radius 3 is 2.50 bits per heavy atom. The van der Waals surface area contributed by atoms with Crippen molar-refractivity contribution in [3.63, 3.8) is 0 Å². The van der Waals surface area contributed by atoms with E-state index in [2.05, 4.69) is 72.1 Å². The van der Waals surface area contributed by atoms with Crippen LogP contribution in [0.3, 0.4) is 0 Å². The van der Waals surface area contributed by atoms with Gasteiger partial charge in [-0.25, -0.2) is 0 Å². The van der Waals surface area contributed by atoms with Gasteiger partial charge < -0.3 is 0 Å². The first-order chi connectivity index (χ1) is 9.46. The van der Waals surface area contributed by atoms with E-state index in [0.29, 0.717) is 5.41 Å². The molecule has 1 nitrogen and oxygen atoms in total. The van der Waals surface area contributed by atoms with Crippen LogP contribution in [0.25, 0.3) is 0 Å². The number of benzene rings is 1. The number of fused-ring (bicyclic) bond motifs is 1. The van der Waals surface area contributed by atoms with E-state index in [4.69, 9.17) is 0 Å². The Bertz CT molecular complexity index is 515. The molecule has 108 valence electrons. The van der Waals surface area contributed by atoms with E-state index in [9.17, 15) is 0 Å². The van der Waals surface area contributed by atoms with Crippen LogP contribution in [-0.4, -0.2) is 18.5 Å². The molecule has 2 atom stereocenters. The fraction of sp³-hybridized carbons (Fsp3) is 0.556. The van der Waals surface area contributed by atoms with Crippen molar-refractivity contribution in [1.29, 1.82) is 0 Å². The molecular formula is C18H24BrN. The van der Waals surface area contributed by atoms with Crippen molar-refractivity contribution in [2.24, 2.45) is 17.3 Å². The summed E-state index contributed by atoms with van der Waals surface area (Å²) in [4.78, 5) is 2.45. The number of rotatable bonds is 4. The molecule has 2 heteroatoms. The number of hydrogen-bond donors (Lipinski definition) is 0. The molecule has 3 aliphatic carbocycles. The second kappa shape index (κ2) is 5.31. The predicted octanol–water partition coefficient (Wildman–Crippen LogP) is 4.87. The highest BCUT2D eigenvalue weighted by atomic mass is 79.9. The molecule has 20 heavy (non-hydrogen) atoms. The molecule has 2 bridgehead atoms. The summed E-state index contributed by atoms with van der Waals surface area (Å²) < 4.78 is 1.15. The quantitative estimate of drug-likeness (QED) is 0.710. The van der Waals surface area contributed by atoms with Crippen molar-refractivity contribution in [3.05, 3.63) is 46.0 Å². The molecule has 0 aromatic heterocycles. The minimum Gasteiger partial charge on any atom is -0.298 e. The average molecular weight is 334 g/mol. The fourth-order valence-electron chi connectivity index (χ4n) is 3.92. The van der Waals surface area contributed by atoms with E-state index < -0.39 is 0 Å². The Hall–Kier alpha value is -0.600. The summed E-state index contributed by atoms with van der Waals surface area (Å²) in [5.74, 6) is 1.77. The fourth-order valence-corrected chi connectivity index (χ4v) is 4.19. The van der Waals surface area contributed by atoms with Crippen LogP contribution in [0.15, 0.2) is 40.4 Å². The van der Waals surface area contributed by atoms with Crippen LogP contribution in [0.5, 0.6) is 0 Å². The van der Waals surface area contributed by atoms with Crippen LogP contribution >= 0.6 is 15.9 Å². The third kappa shape index (κ3) is 2.60. The monoisotopic (exact) mass is 333 g/mol. The van der Waals surface area contributed by atoms with Gasteiger partial charge in [-0.2, -0.15) is 0 Å². The summed E-state index contributed by atoms with van der Waals surface area (Å²) in [7, 11) is 2.24. The van der Waals surface area contributed by atoms with Gasteiger partial charge in [0.15, 0.2) is 0 Å². The number of hydrogen-bond acceptors (Lipinski definition) is 1. The van der Waals surface area contributed by atoms with Gasteiger partial charge in [0.1, 0.15) is 0 Å². The number of allylic oxidation sites excluding steroid dienone is 1. The average Bonchev–Trinajstić information content (AvgIpc) is 2.41. The molecule has 0 saturated heterocycles. The van der Waals surface area contributed by atoms with Crippen LogP contribution < -0.4 is 0 Å². The zero-order valence-corrected chi connectivity index (χ0v) is 14.3. The van der Waals surface area contributed by atoms with Gasteiger partial charge >= 0.3 is 0 Å². The van der Waals surface area contributed by atoms with Crippen LogP contribution in [0.1, 0.15) is 32.3 Å². The van der Waals surface area contributed by atoms with E-state index in [0.717, 1.165) is 29.4 Å². The first-order valence-electron chi connectivity index (χ1n) is 7.58. The maximum Gasteiger partial charge on any atom is 0.0234 e. The molecule has 0 spiro atoms. The maximum atomic E-state index is 3.49. The zero-order valence-electron chi connectivity index (χ0n) is 12.7. The van der Waals surface area contributed by atoms with Crippen LogP contribution in [0.4, 0.5) is 0 Å². The van der Waals surface area contributed by atoms with Crippen molar-refractivity contribution in [2.45, 2.75) is 33.2 Å². The summed E-state index contributed by atoms with van der Waals surface area (Å²) in [6, 6.07) is 8.67. The molecule has 0 aliphatic heterocycles. The van der Waals surface area contributed by atoms with Gasteiger partial charge in [0.2, 0.25) is 0 Å². The SMILES string of the molecule is CN(CC1=CC[C@H]2C[C@@H]1C2(C)C)Cc1ccc(Br)cc1. The van der Waals surface area contributed by atoms with E-state index in [-0.39, 0.29) is 0 Å². The highest BCUT2D eigenvalue weighted by Crippen LogP contribution is 2.59. The van der Waals surface area contributed by atoms with Crippen molar-refractivity contribution >= 4 is 15.9 Å². The van der Waals surface area contributed by atoms with Gasteiger partial charge in [-0.3, -0.25) is 4.90 Å². The first-order valence-corrected chi connectivity index (χ1v) is 8.38. The van der Waals surface area contributed by atoms with Crippen LogP contribution in [-0.2, 0) is 6.54 Å². The Labute approximate surface area is 131 Å². The topological polar surface area (TPSA) is 3.24 Å². The summed E-state index contributed by atoms with van der Waals surface area (Å²) in [5, 5.41) is 0. The second-order valence-electron chi connectivity index (χ2n) is 7.12. The molecule has 0 heterocycles. The van der Waals surface area contributed by atoms with Gasteiger partial charge in [0, 0.05) is 17.6 Å². The van der Waals surface area contributed by atoms with E-state index >= 15 is 0 Å². The number of halogens is 1. The third-order valence-corrected chi connectivity index (χ3v) is 5.93. The molecule has 1 aromatic carbocycles. The van der Waals surface area contributed by atoms with E-state index in [1.165, 1.54) is 18.4 Å². The van der Waals surface area contributed by atoms with Crippen LogP contribution in [0.2, 0.25) is 0 Å². The van der Waals surface area contributed by atoms with E-state index in [1.54, 1.807) is 5.57 Å². The molecule has 3 aliphatic rings. The van der Waals surface area contributed by atoms with Crippen molar-refractivity contribution in [1.82, 2.24) is 4.90 Å². The van der Waals surface area contributed by atoms with Gasteiger partial charge in [0.05, 0.1) is 0 Å². The first kappa shape index (κ1) is 14.3. The zero-order chi connectivity index (χ0) is 14.3. The van der Waals surface area contributed by atoms with Crippen molar-refractivity contribution in [2.75, 3.05) is 13.6 Å². The highest BCUT2D eigenvalue weighted by Gasteiger charge is 2.50. The molecule has 1 aromatic rings. The smallest absolute Gasteiger partial charge is 0.0234 e. The predicted molar refractivity (Wildman–Crippen MR) is 88.6 cm³/mol. The molecule has 1 fully saturated rings. The minimum absolute atomic E-state index is 0.544. The lowest BCUT2D eigenvalue weighted by Gasteiger charge is -2.57. The van der Waals surface area contributed by atoms with Gasteiger partial charge in [-0.15, -0.1) is 0 Å². The largest absolute Gasteiger partial charge is 0.298 e. The summed E-state index contributed by atoms with van der Waals surface area (Å²) in [6.45, 7) is 7.05. The Balaban J connectivity index is 1.61. The van der Waals surface area contributed by atoms with Gasteiger partial charge in [-0.05, 0) is 54.8 Å². The maximum absolute atomic E-state index is 3.49. The Morgan fingerprint density at radius 1 is 1.20 bits per heavy atom. The van der Waals surface area contributed by atoms with Gasteiger partial charge in [0.25, 0.3) is 0 Å². The van der Waals surface area contributed by atoms with E-state index in [1.807, 2.05) is 0 Å². The molecule has 4 rings (SSSR count). The molecule has 0 amide bonds. The van der Waals surface area contributed by atoms with Crippen molar-refractivity contribution < 1.29 is 0 Å². The summed E-state index contributed by atoms with van der Waals surface area (Å²) in [5.41, 5.74) is 3.61. The molecule has 1 saturated carbocycles. The molecule has 0 unspecified atom stereocenters. The third-order valence-electron chi connectivity index (χ3n) is 5.40. The lowest BCUT2D eigenvalue weighted by molar-refractivity contribution is -0.0101. The summed E-state index contributed by atoms with van der Waals surface area (Å²) >= 11 is 3.49. The highest BCUT2D eigenvalue weighted by molar-refractivity contribution is 9.10.